The maximum atomic E-state index is 13.8. The number of nitrogens with zero attached hydrogens (tertiary/aromatic N) is 2. The Morgan fingerprint density at radius 2 is 1.97 bits per heavy atom. The minimum atomic E-state index is -1.12. The third-order valence-electron chi connectivity index (χ3n) is 7.22. The van der Waals surface area contributed by atoms with Crippen LogP contribution < -0.4 is 10.2 Å². The molecule has 1 fully saturated rings. The summed E-state index contributed by atoms with van der Waals surface area (Å²) in [7, 11) is 0. The molecule has 7 heteroatoms. The molecule has 0 spiro atoms. The number of nitrogens with one attached hydrogen (secondary N) is 1. The molecule has 32 heavy (non-hydrogen) atoms. The highest BCUT2D eigenvalue weighted by Gasteiger charge is 2.49. The molecule has 2 aliphatic rings. The van der Waals surface area contributed by atoms with E-state index >= 15 is 0 Å². The van der Waals surface area contributed by atoms with Crippen LogP contribution in [0.15, 0.2) is 41.0 Å². The largest absolute Gasteiger partial charge is 0.463 e. The van der Waals surface area contributed by atoms with Gasteiger partial charge in [-0.25, -0.2) is 0 Å². The zero-order valence-corrected chi connectivity index (χ0v) is 19.4. The Kier molecular flexibility index (Phi) is 5.08. The monoisotopic (exact) mass is 453 g/mol. The summed E-state index contributed by atoms with van der Waals surface area (Å²) in [5, 5.41) is 3.83. The van der Waals surface area contributed by atoms with Crippen LogP contribution in [0.5, 0.6) is 0 Å². The van der Waals surface area contributed by atoms with Gasteiger partial charge in [-0.3, -0.25) is 14.5 Å². The van der Waals surface area contributed by atoms with Gasteiger partial charge in [-0.05, 0) is 63.1 Å². The molecule has 1 aromatic carbocycles. The van der Waals surface area contributed by atoms with E-state index in [1.54, 1.807) is 23.3 Å². The van der Waals surface area contributed by atoms with Crippen LogP contribution >= 0.6 is 11.6 Å². The Morgan fingerprint density at radius 1 is 1.22 bits per heavy atom. The smallest absolute Gasteiger partial charge is 0.276 e. The molecule has 1 aliphatic carbocycles. The number of hydrogen-bond donors (Lipinski definition) is 1. The second-order valence-electron chi connectivity index (χ2n) is 9.51. The molecular formula is C25H28ClN3O3. The van der Waals surface area contributed by atoms with Crippen LogP contribution in [0.4, 0.5) is 5.69 Å². The summed E-state index contributed by atoms with van der Waals surface area (Å²) in [6.07, 6.45) is 5.75. The van der Waals surface area contributed by atoms with Crippen molar-refractivity contribution in [2.45, 2.75) is 64.6 Å². The first-order valence-corrected chi connectivity index (χ1v) is 11.6. The first-order chi connectivity index (χ1) is 15.3. The number of hydrogen-bond acceptors (Lipinski definition) is 3. The van der Waals surface area contributed by atoms with E-state index in [1.807, 2.05) is 36.6 Å². The predicted molar refractivity (Wildman–Crippen MR) is 125 cm³/mol. The van der Waals surface area contributed by atoms with E-state index in [1.165, 1.54) is 0 Å². The SMILES string of the molecule is Cc1c(Cl)cccc1N1C(=O)c2cc3occc3n2CC1(C)C(=O)NC1CCC(C)CC1. The van der Waals surface area contributed by atoms with Gasteiger partial charge in [0.05, 0.1) is 18.3 Å². The lowest BCUT2D eigenvalue weighted by molar-refractivity contribution is -0.127. The van der Waals surface area contributed by atoms with E-state index in [0.29, 0.717) is 34.4 Å². The van der Waals surface area contributed by atoms with Gasteiger partial charge in [0.25, 0.3) is 5.91 Å². The van der Waals surface area contributed by atoms with Gasteiger partial charge in [0.2, 0.25) is 5.91 Å². The maximum Gasteiger partial charge on any atom is 0.276 e. The lowest BCUT2D eigenvalue weighted by Gasteiger charge is -2.45. The first-order valence-electron chi connectivity index (χ1n) is 11.3. The molecule has 6 nitrogen and oxygen atoms in total. The average Bonchev–Trinajstić information content (AvgIpc) is 3.35. The number of aromatic nitrogens is 1. The molecule has 1 unspecified atom stereocenters. The van der Waals surface area contributed by atoms with Crippen LogP contribution in [0.2, 0.25) is 5.02 Å². The third kappa shape index (κ3) is 3.24. The van der Waals surface area contributed by atoms with Crippen molar-refractivity contribution >= 4 is 40.2 Å². The lowest BCUT2D eigenvalue weighted by Crippen LogP contribution is -2.65. The second kappa shape index (κ2) is 7.69. The zero-order valence-electron chi connectivity index (χ0n) is 18.7. The first kappa shape index (κ1) is 21.1. The molecule has 1 saturated carbocycles. The number of benzene rings is 1. The highest BCUT2D eigenvalue weighted by molar-refractivity contribution is 6.32. The fourth-order valence-corrected chi connectivity index (χ4v) is 5.34. The standard InChI is InChI=1S/C25H28ClN3O3/c1-15-7-9-17(10-8-15)27-24(31)25(3)14-28-20-11-12-32-22(20)13-21(28)23(30)29(25)19-6-4-5-18(26)16(19)2/h4-6,11-13,15,17H,7-10,14H2,1-3H3,(H,27,31). The summed E-state index contributed by atoms with van der Waals surface area (Å²) < 4.78 is 7.45. The van der Waals surface area contributed by atoms with Crippen LogP contribution in [-0.2, 0) is 11.3 Å². The number of carbonyl (C=O) groups is 2. The summed E-state index contributed by atoms with van der Waals surface area (Å²) in [5.41, 5.74) is 2.28. The fourth-order valence-electron chi connectivity index (χ4n) is 5.17. The number of furan rings is 1. The van der Waals surface area contributed by atoms with Gasteiger partial charge in [-0.15, -0.1) is 0 Å². The second-order valence-corrected chi connectivity index (χ2v) is 9.92. The number of carbonyl (C=O) groups excluding carboxylic acids is 2. The van der Waals surface area contributed by atoms with Crippen LogP contribution in [0.3, 0.4) is 0 Å². The highest BCUT2D eigenvalue weighted by Crippen LogP contribution is 2.39. The number of anilines is 1. The fraction of sp³-hybridized carbons (Fsp3) is 0.440. The minimum Gasteiger partial charge on any atom is -0.463 e. The summed E-state index contributed by atoms with van der Waals surface area (Å²) in [6.45, 7) is 6.32. The van der Waals surface area contributed by atoms with Gasteiger partial charge >= 0.3 is 0 Å². The maximum absolute atomic E-state index is 13.8. The molecule has 2 aromatic heterocycles. The van der Waals surface area contributed by atoms with Gasteiger partial charge in [-0.1, -0.05) is 24.6 Å². The Morgan fingerprint density at radius 3 is 2.72 bits per heavy atom. The molecule has 1 N–H and O–H groups in total. The van der Waals surface area contributed by atoms with E-state index in [-0.39, 0.29) is 17.9 Å². The molecule has 3 aromatic rings. The van der Waals surface area contributed by atoms with E-state index in [2.05, 4.69) is 12.2 Å². The summed E-state index contributed by atoms with van der Waals surface area (Å²) in [5.74, 6) is 0.320. The van der Waals surface area contributed by atoms with Crippen molar-refractivity contribution in [1.82, 2.24) is 9.88 Å². The average molecular weight is 454 g/mol. The Hall–Kier alpha value is -2.73. The van der Waals surface area contributed by atoms with Crippen molar-refractivity contribution in [3.8, 4) is 0 Å². The third-order valence-corrected chi connectivity index (χ3v) is 7.63. The van der Waals surface area contributed by atoms with Crippen molar-refractivity contribution in [1.29, 1.82) is 0 Å². The molecule has 3 heterocycles. The summed E-state index contributed by atoms with van der Waals surface area (Å²) >= 11 is 6.41. The summed E-state index contributed by atoms with van der Waals surface area (Å²) in [6, 6.07) is 9.20. The number of fused-ring (bicyclic) bond motifs is 3. The zero-order chi connectivity index (χ0) is 22.6. The highest BCUT2D eigenvalue weighted by atomic mass is 35.5. The number of amides is 2. The van der Waals surface area contributed by atoms with Gasteiger partial charge in [-0.2, -0.15) is 0 Å². The molecule has 0 saturated heterocycles. The van der Waals surface area contributed by atoms with Crippen molar-refractivity contribution < 1.29 is 14.0 Å². The van der Waals surface area contributed by atoms with Crippen LogP contribution in [0.1, 0.15) is 55.6 Å². The number of rotatable bonds is 3. The summed E-state index contributed by atoms with van der Waals surface area (Å²) in [4.78, 5) is 29.3. The van der Waals surface area contributed by atoms with Crippen molar-refractivity contribution in [3.05, 3.63) is 52.9 Å². The molecule has 1 atom stereocenters. The van der Waals surface area contributed by atoms with Crippen molar-refractivity contribution in [2.24, 2.45) is 5.92 Å². The minimum absolute atomic E-state index is 0.132. The lowest BCUT2D eigenvalue weighted by atomic mass is 9.86. The molecule has 0 bridgehead atoms. The molecule has 1 aliphatic heterocycles. The molecule has 168 valence electrons. The normalized spacial score (nSPS) is 25.8. The Balaban J connectivity index is 1.60. The van der Waals surface area contributed by atoms with Gasteiger partial charge in [0, 0.05) is 28.9 Å². The van der Waals surface area contributed by atoms with Gasteiger partial charge < -0.3 is 14.3 Å². The Bertz CT molecular complexity index is 1200. The van der Waals surface area contributed by atoms with Crippen LogP contribution in [0, 0.1) is 12.8 Å². The van der Waals surface area contributed by atoms with E-state index in [0.717, 1.165) is 36.8 Å². The molecule has 5 rings (SSSR count). The van der Waals surface area contributed by atoms with Crippen LogP contribution in [-0.4, -0.2) is 28.0 Å². The van der Waals surface area contributed by atoms with Gasteiger partial charge in [0.15, 0.2) is 5.58 Å². The predicted octanol–water partition coefficient (Wildman–Crippen LogP) is 5.31. The molecular weight excluding hydrogens is 426 g/mol. The van der Waals surface area contributed by atoms with E-state index < -0.39 is 5.54 Å². The van der Waals surface area contributed by atoms with Crippen LogP contribution in [0.25, 0.3) is 11.1 Å². The number of halogens is 1. The van der Waals surface area contributed by atoms with Crippen molar-refractivity contribution in [2.75, 3.05) is 4.90 Å². The van der Waals surface area contributed by atoms with E-state index in [4.69, 9.17) is 16.0 Å². The van der Waals surface area contributed by atoms with E-state index in [9.17, 15) is 9.59 Å². The quantitative estimate of drug-likeness (QED) is 0.584. The topological polar surface area (TPSA) is 67.5 Å². The van der Waals surface area contributed by atoms with Gasteiger partial charge in [0.1, 0.15) is 11.2 Å². The molecule has 0 radical (unpaired) electrons. The Labute approximate surface area is 192 Å². The van der Waals surface area contributed by atoms with Crippen molar-refractivity contribution in [3.63, 3.8) is 0 Å². The molecule has 2 amide bonds.